The molecule has 0 aliphatic carbocycles. The Morgan fingerprint density at radius 1 is 1.26 bits per heavy atom. The van der Waals surface area contributed by atoms with Gasteiger partial charge in [-0.05, 0) is 18.2 Å². The van der Waals surface area contributed by atoms with Gasteiger partial charge in [0.1, 0.15) is 5.02 Å². The lowest BCUT2D eigenvalue weighted by Crippen LogP contribution is -2.11. The smallest absolute Gasteiger partial charge is 0.288 e. The fourth-order valence-corrected chi connectivity index (χ4v) is 2.66. The number of nitro benzene ring substituents is 1. The van der Waals surface area contributed by atoms with Crippen LogP contribution >= 0.6 is 11.6 Å². The molecule has 23 heavy (non-hydrogen) atoms. The normalized spacial score (nSPS) is 10.9. The van der Waals surface area contributed by atoms with E-state index in [-0.39, 0.29) is 22.9 Å². The highest BCUT2D eigenvalue weighted by Crippen LogP contribution is 2.27. The minimum atomic E-state index is -0.633. The number of halogens is 1. The first-order valence-electron chi connectivity index (χ1n) is 6.71. The van der Waals surface area contributed by atoms with Crippen LogP contribution in [0.15, 0.2) is 48.7 Å². The van der Waals surface area contributed by atoms with Gasteiger partial charge in [-0.3, -0.25) is 19.5 Å². The Morgan fingerprint density at radius 3 is 2.70 bits per heavy atom. The number of para-hydroxylation sites is 1. The summed E-state index contributed by atoms with van der Waals surface area (Å²) in [6.45, 7) is -0.207. The summed E-state index contributed by atoms with van der Waals surface area (Å²) in [5.41, 5.74) is 1.05. The first-order valence-corrected chi connectivity index (χ1v) is 7.09. The predicted octanol–water partition coefficient (Wildman–Crippen LogP) is 3.38. The summed E-state index contributed by atoms with van der Waals surface area (Å²) >= 11 is 5.77. The van der Waals surface area contributed by atoms with E-state index in [1.54, 1.807) is 18.2 Å². The number of carbonyl (C=O) groups is 1. The lowest BCUT2D eigenvalue weighted by Gasteiger charge is -2.05. The van der Waals surface area contributed by atoms with Crippen molar-refractivity contribution >= 4 is 34.1 Å². The van der Waals surface area contributed by atoms with Crippen molar-refractivity contribution in [3.63, 3.8) is 0 Å². The maximum absolute atomic E-state index is 12.7. The lowest BCUT2D eigenvalue weighted by atomic mass is 10.2. The minimum Gasteiger partial charge on any atom is -0.392 e. The number of fused-ring (bicyclic) bond motifs is 1. The second-order valence-electron chi connectivity index (χ2n) is 4.93. The van der Waals surface area contributed by atoms with Gasteiger partial charge in [0.2, 0.25) is 0 Å². The van der Waals surface area contributed by atoms with Gasteiger partial charge in [0.25, 0.3) is 11.6 Å². The Balaban J connectivity index is 2.15. The van der Waals surface area contributed by atoms with Crippen molar-refractivity contribution < 1.29 is 14.8 Å². The van der Waals surface area contributed by atoms with E-state index in [1.807, 2.05) is 6.07 Å². The van der Waals surface area contributed by atoms with E-state index in [1.165, 1.54) is 22.9 Å². The second-order valence-corrected chi connectivity index (χ2v) is 5.34. The molecule has 0 spiro atoms. The van der Waals surface area contributed by atoms with Gasteiger partial charge in [-0.25, -0.2) is 0 Å². The minimum absolute atomic E-state index is 0.0278. The molecule has 3 aromatic rings. The van der Waals surface area contributed by atoms with Crippen molar-refractivity contribution in [3.8, 4) is 0 Å². The highest BCUT2D eigenvalue weighted by Gasteiger charge is 2.19. The van der Waals surface area contributed by atoms with E-state index in [4.69, 9.17) is 11.6 Å². The quantitative estimate of drug-likeness (QED) is 0.589. The average Bonchev–Trinajstić information content (AvgIpc) is 2.93. The summed E-state index contributed by atoms with van der Waals surface area (Å²) in [5.74, 6) is -0.430. The lowest BCUT2D eigenvalue weighted by molar-refractivity contribution is -0.384. The number of nitrogens with zero attached hydrogens (tertiary/aromatic N) is 2. The van der Waals surface area contributed by atoms with E-state index in [0.29, 0.717) is 11.1 Å². The van der Waals surface area contributed by atoms with Gasteiger partial charge in [0.05, 0.1) is 17.0 Å². The van der Waals surface area contributed by atoms with Gasteiger partial charge in [-0.2, -0.15) is 0 Å². The van der Waals surface area contributed by atoms with E-state index in [2.05, 4.69) is 0 Å². The van der Waals surface area contributed by atoms with Crippen LogP contribution in [0.1, 0.15) is 15.9 Å². The Kier molecular flexibility index (Phi) is 3.85. The van der Waals surface area contributed by atoms with Crippen molar-refractivity contribution in [1.29, 1.82) is 0 Å². The maximum atomic E-state index is 12.7. The molecule has 1 heterocycles. The van der Waals surface area contributed by atoms with Crippen LogP contribution < -0.4 is 0 Å². The monoisotopic (exact) mass is 330 g/mol. The van der Waals surface area contributed by atoms with E-state index in [9.17, 15) is 20.0 Å². The Bertz CT molecular complexity index is 933. The summed E-state index contributed by atoms with van der Waals surface area (Å²) in [5, 5.41) is 21.1. The number of benzene rings is 2. The van der Waals surface area contributed by atoms with Crippen molar-refractivity contribution in [2.75, 3.05) is 0 Å². The van der Waals surface area contributed by atoms with Crippen LogP contribution in [-0.4, -0.2) is 20.5 Å². The van der Waals surface area contributed by atoms with Crippen LogP contribution in [0.2, 0.25) is 5.02 Å². The van der Waals surface area contributed by atoms with Gasteiger partial charge in [-0.15, -0.1) is 0 Å². The Hall–Kier alpha value is -2.70. The van der Waals surface area contributed by atoms with E-state index >= 15 is 0 Å². The molecule has 0 amide bonds. The molecule has 116 valence electrons. The molecule has 0 radical (unpaired) electrons. The van der Waals surface area contributed by atoms with Crippen molar-refractivity contribution in [1.82, 2.24) is 4.57 Å². The molecule has 0 saturated carbocycles. The molecule has 3 rings (SSSR count). The van der Waals surface area contributed by atoms with Gasteiger partial charge < -0.3 is 5.11 Å². The molecule has 0 atom stereocenters. The van der Waals surface area contributed by atoms with Crippen LogP contribution in [-0.2, 0) is 6.61 Å². The standard InChI is InChI=1S/C16H11ClN2O4/c17-13-6-5-10(7-15(13)19(22)23)16(21)18-8-11(9-20)12-3-1-2-4-14(12)18/h1-8,20H,9H2. The van der Waals surface area contributed by atoms with Crippen LogP contribution in [0.3, 0.4) is 0 Å². The number of aliphatic hydroxyl groups is 1. The predicted molar refractivity (Wildman–Crippen MR) is 85.7 cm³/mol. The molecular weight excluding hydrogens is 320 g/mol. The fraction of sp³-hybridized carbons (Fsp3) is 0.0625. The Labute approximate surface area is 135 Å². The van der Waals surface area contributed by atoms with Crippen molar-refractivity contribution in [3.05, 3.63) is 74.9 Å². The molecular formula is C16H11ClN2O4. The van der Waals surface area contributed by atoms with Crippen LogP contribution in [0.4, 0.5) is 5.69 Å². The third kappa shape index (κ3) is 2.58. The number of hydrogen-bond acceptors (Lipinski definition) is 4. The number of nitro groups is 1. The highest BCUT2D eigenvalue weighted by molar-refractivity contribution is 6.32. The topological polar surface area (TPSA) is 85.4 Å². The molecule has 0 fully saturated rings. The molecule has 0 aliphatic heterocycles. The molecule has 0 aliphatic rings. The summed E-state index contributed by atoms with van der Waals surface area (Å²) < 4.78 is 1.37. The summed E-state index contributed by atoms with van der Waals surface area (Å²) in [6.07, 6.45) is 1.54. The molecule has 0 saturated heterocycles. The fourth-order valence-electron chi connectivity index (χ4n) is 2.47. The summed E-state index contributed by atoms with van der Waals surface area (Å²) in [6, 6.07) is 11.0. The molecule has 2 aromatic carbocycles. The van der Waals surface area contributed by atoms with Crippen molar-refractivity contribution in [2.45, 2.75) is 6.61 Å². The second kappa shape index (κ2) is 5.83. The molecule has 7 heteroatoms. The van der Waals surface area contributed by atoms with Crippen LogP contribution in [0.25, 0.3) is 10.9 Å². The van der Waals surface area contributed by atoms with E-state index < -0.39 is 10.8 Å². The molecule has 6 nitrogen and oxygen atoms in total. The van der Waals surface area contributed by atoms with E-state index in [0.717, 1.165) is 11.5 Å². The molecule has 0 bridgehead atoms. The number of carbonyl (C=O) groups excluding carboxylic acids is 1. The maximum Gasteiger partial charge on any atom is 0.288 e. The zero-order valence-corrected chi connectivity index (χ0v) is 12.5. The van der Waals surface area contributed by atoms with Gasteiger partial charge >= 0.3 is 0 Å². The zero-order chi connectivity index (χ0) is 16.6. The third-order valence-electron chi connectivity index (χ3n) is 3.57. The van der Waals surface area contributed by atoms with Gasteiger partial charge in [0.15, 0.2) is 0 Å². The van der Waals surface area contributed by atoms with Gasteiger partial charge in [0, 0.05) is 28.8 Å². The number of aliphatic hydroxyl groups excluding tert-OH is 1. The summed E-state index contributed by atoms with van der Waals surface area (Å²) in [4.78, 5) is 23.0. The first kappa shape index (κ1) is 15.2. The number of hydrogen-bond donors (Lipinski definition) is 1. The number of rotatable bonds is 3. The molecule has 1 aromatic heterocycles. The first-order chi connectivity index (χ1) is 11.0. The van der Waals surface area contributed by atoms with Crippen LogP contribution in [0, 0.1) is 10.1 Å². The largest absolute Gasteiger partial charge is 0.392 e. The Morgan fingerprint density at radius 2 is 2.00 bits per heavy atom. The SMILES string of the molecule is O=C(c1ccc(Cl)c([N+](=O)[O-])c1)n1cc(CO)c2ccccc21. The van der Waals surface area contributed by atoms with Crippen molar-refractivity contribution in [2.24, 2.45) is 0 Å². The zero-order valence-electron chi connectivity index (χ0n) is 11.8. The van der Waals surface area contributed by atoms with Crippen LogP contribution in [0.5, 0.6) is 0 Å². The van der Waals surface area contributed by atoms with Gasteiger partial charge in [-0.1, -0.05) is 29.8 Å². The average molecular weight is 331 g/mol. The number of aromatic nitrogens is 1. The molecule has 1 N–H and O–H groups in total. The summed E-state index contributed by atoms with van der Waals surface area (Å²) in [7, 11) is 0. The molecule has 0 unspecified atom stereocenters. The third-order valence-corrected chi connectivity index (χ3v) is 3.89. The highest BCUT2D eigenvalue weighted by atomic mass is 35.5.